The van der Waals surface area contributed by atoms with E-state index in [1.54, 1.807) is 30.3 Å². The summed E-state index contributed by atoms with van der Waals surface area (Å²) < 4.78 is 18.3. The number of methoxy groups -OCH3 is 2. The lowest BCUT2D eigenvalue weighted by Crippen LogP contribution is -2.32. The minimum absolute atomic E-state index is 0.177. The second-order valence-electron chi connectivity index (χ2n) is 7.94. The van der Waals surface area contributed by atoms with Crippen LogP contribution in [0.15, 0.2) is 63.5 Å². The topological polar surface area (TPSA) is 89.1 Å². The average molecular weight is 621 g/mol. The highest BCUT2D eigenvalue weighted by Gasteiger charge is 2.25. The van der Waals surface area contributed by atoms with E-state index in [0.29, 0.717) is 46.1 Å². The fourth-order valence-electron chi connectivity index (χ4n) is 3.34. The molecule has 0 aliphatic rings. The Labute approximate surface area is 227 Å². The summed E-state index contributed by atoms with van der Waals surface area (Å²) in [6.45, 7) is 1.09. The number of carbonyl (C=O) groups excluding carboxylic acids is 2. The number of amides is 2. The molecule has 2 amide bonds. The van der Waals surface area contributed by atoms with Crippen molar-refractivity contribution in [2.24, 2.45) is 0 Å². The minimum atomic E-state index is -0.398. The smallest absolute Gasteiger partial charge is 0.259 e. The molecule has 0 saturated carbocycles. The number of benzene rings is 3. The van der Waals surface area contributed by atoms with E-state index in [4.69, 9.17) is 14.2 Å². The van der Waals surface area contributed by atoms with Gasteiger partial charge in [0.1, 0.15) is 22.8 Å². The summed E-state index contributed by atoms with van der Waals surface area (Å²) >= 11 is 6.83. The lowest BCUT2D eigenvalue weighted by atomic mass is 10.1. The Morgan fingerprint density at radius 3 is 2.22 bits per heavy atom. The van der Waals surface area contributed by atoms with Crippen LogP contribution in [0.1, 0.15) is 20.7 Å². The molecule has 10 heteroatoms. The van der Waals surface area contributed by atoms with Crippen molar-refractivity contribution in [1.82, 2.24) is 10.2 Å². The van der Waals surface area contributed by atoms with Gasteiger partial charge < -0.3 is 29.7 Å². The second-order valence-corrected chi connectivity index (χ2v) is 9.71. The van der Waals surface area contributed by atoms with E-state index in [0.717, 1.165) is 4.47 Å². The lowest BCUT2D eigenvalue weighted by Gasteiger charge is -2.19. The van der Waals surface area contributed by atoms with Gasteiger partial charge in [0, 0.05) is 23.1 Å². The highest BCUT2D eigenvalue weighted by molar-refractivity contribution is 9.10. The zero-order chi connectivity index (χ0) is 26.2. The largest absolute Gasteiger partial charge is 0.495 e. The van der Waals surface area contributed by atoms with E-state index < -0.39 is 5.91 Å². The molecule has 0 saturated heterocycles. The Hall–Kier alpha value is -3.08. The molecule has 0 bridgehead atoms. The third kappa shape index (κ3) is 6.99. The van der Waals surface area contributed by atoms with Gasteiger partial charge in [-0.25, -0.2) is 0 Å². The van der Waals surface area contributed by atoms with Crippen LogP contribution in [0.4, 0.5) is 5.69 Å². The van der Waals surface area contributed by atoms with Crippen LogP contribution in [0.25, 0.3) is 0 Å². The summed E-state index contributed by atoms with van der Waals surface area (Å²) in [4.78, 5) is 28.1. The fraction of sp³-hybridized carbons (Fsp3) is 0.231. The van der Waals surface area contributed by atoms with Gasteiger partial charge in [-0.15, -0.1) is 0 Å². The van der Waals surface area contributed by atoms with Gasteiger partial charge in [0.25, 0.3) is 11.8 Å². The van der Waals surface area contributed by atoms with E-state index in [9.17, 15) is 9.59 Å². The van der Waals surface area contributed by atoms with Gasteiger partial charge in [0.2, 0.25) is 0 Å². The van der Waals surface area contributed by atoms with Crippen molar-refractivity contribution in [2.75, 3.05) is 46.7 Å². The van der Waals surface area contributed by atoms with Crippen LogP contribution in [-0.2, 0) is 0 Å². The number of anilines is 1. The van der Waals surface area contributed by atoms with Crippen LogP contribution in [0, 0.1) is 0 Å². The Kier molecular flexibility index (Phi) is 9.74. The van der Waals surface area contributed by atoms with Gasteiger partial charge in [0.15, 0.2) is 5.75 Å². The average Bonchev–Trinajstić information content (AvgIpc) is 2.85. The molecule has 36 heavy (non-hydrogen) atoms. The SMILES string of the molecule is COc1c(Br)cc(NC(=O)c2cccc(Oc3ccc(Br)cc3)c2)c(OC)c1C(=O)NCCN(C)C. The van der Waals surface area contributed by atoms with E-state index in [1.807, 2.05) is 43.3 Å². The maximum absolute atomic E-state index is 13.1. The van der Waals surface area contributed by atoms with Crippen molar-refractivity contribution in [3.63, 3.8) is 0 Å². The first-order valence-corrected chi connectivity index (χ1v) is 12.5. The first-order chi connectivity index (χ1) is 17.2. The molecule has 0 unspecified atom stereocenters. The Bertz CT molecular complexity index is 1230. The van der Waals surface area contributed by atoms with Crippen LogP contribution >= 0.6 is 31.9 Å². The molecule has 0 fully saturated rings. The van der Waals surface area contributed by atoms with E-state index in [2.05, 4.69) is 42.5 Å². The predicted octanol–water partition coefficient (Wildman–Crippen LogP) is 5.56. The molecule has 0 heterocycles. The number of nitrogens with one attached hydrogen (secondary N) is 2. The number of rotatable bonds is 10. The molecule has 0 aliphatic heterocycles. The fourth-order valence-corrected chi connectivity index (χ4v) is 4.19. The molecule has 0 atom stereocenters. The number of halogens is 2. The van der Waals surface area contributed by atoms with Crippen molar-refractivity contribution in [1.29, 1.82) is 0 Å². The number of likely N-dealkylation sites (N-methyl/N-ethyl adjacent to an activating group) is 1. The van der Waals surface area contributed by atoms with E-state index >= 15 is 0 Å². The van der Waals surface area contributed by atoms with Gasteiger partial charge in [0.05, 0.1) is 24.4 Å². The normalized spacial score (nSPS) is 10.6. The molecule has 8 nitrogen and oxygen atoms in total. The molecule has 0 aliphatic carbocycles. The first kappa shape index (κ1) is 27.5. The number of hydrogen-bond donors (Lipinski definition) is 2. The van der Waals surface area contributed by atoms with Crippen molar-refractivity contribution >= 4 is 49.4 Å². The molecular weight excluding hydrogens is 594 g/mol. The minimum Gasteiger partial charge on any atom is -0.495 e. The predicted molar refractivity (Wildman–Crippen MR) is 147 cm³/mol. The van der Waals surface area contributed by atoms with Gasteiger partial charge in [-0.2, -0.15) is 0 Å². The van der Waals surface area contributed by atoms with E-state index in [1.165, 1.54) is 14.2 Å². The monoisotopic (exact) mass is 619 g/mol. The summed E-state index contributed by atoms with van der Waals surface area (Å²) in [5.41, 5.74) is 0.860. The van der Waals surface area contributed by atoms with Gasteiger partial charge in [-0.1, -0.05) is 22.0 Å². The number of ether oxygens (including phenoxy) is 3. The molecule has 3 rings (SSSR count). The van der Waals surface area contributed by atoms with Gasteiger partial charge in [-0.05, 0) is 78.6 Å². The van der Waals surface area contributed by atoms with Crippen LogP contribution < -0.4 is 24.8 Å². The standard InChI is InChI=1S/C26H27Br2N3O5/c1-31(2)13-12-29-26(33)22-23(34-3)20(28)15-21(24(22)35-4)30-25(32)16-6-5-7-19(14-16)36-18-10-8-17(27)9-11-18/h5-11,14-15H,12-13H2,1-4H3,(H,29,33)(H,30,32). The summed E-state index contributed by atoms with van der Waals surface area (Å²) in [6.07, 6.45) is 0. The van der Waals surface area contributed by atoms with E-state index in [-0.39, 0.29) is 17.2 Å². The van der Waals surface area contributed by atoms with Crippen molar-refractivity contribution in [3.05, 3.63) is 74.7 Å². The zero-order valence-electron chi connectivity index (χ0n) is 20.4. The highest BCUT2D eigenvalue weighted by atomic mass is 79.9. The maximum atomic E-state index is 13.1. The number of hydrogen-bond acceptors (Lipinski definition) is 6. The van der Waals surface area contributed by atoms with Crippen LogP contribution in [0.5, 0.6) is 23.0 Å². The van der Waals surface area contributed by atoms with Crippen LogP contribution in [-0.4, -0.2) is 58.1 Å². The number of carbonyl (C=O) groups is 2. The van der Waals surface area contributed by atoms with Gasteiger partial charge >= 0.3 is 0 Å². The Morgan fingerprint density at radius 2 is 1.58 bits per heavy atom. The molecule has 190 valence electrons. The maximum Gasteiger partial charge on any atom is 0.259 e. The van der Waals surface area contributed by atoms with Crippen molar-refractivity contribution in [3.8, 4) is 23.0 Å². The number of nitrogens with zero attached hydrogens (tertiary/aromatic N) is 1. The summed E-state index contributed by atoms with van der Waals surface area (Å²) in [5, 5.41) is 5.70. The quantitative estimate of drug-likeness (QED) is 0.308. The highest BCUT2D eigenvalue weighted by Crippen LogP contribution is 2.42. The molecule has 0 radical (unpaired) electrons. The molecule has 2 N–H and O–H groups in total. The molecule has 3 aromatic carbocycles. The van der Waals surface area contributed by atoms with Gasteiger partial charge in [-0.3, -0.25) is 9.59 Å². The summed E-state index contributed by atoms with van der Waals surface area (Å²) in [7, 11) is 6.73. The first-order valence-electron chi connectivity index (χ1n) is 11.0. The summed E-state index contributed by atoms with van der Waals surface area (Å²) in [6, 6.07) is 15.8. The Morgan fingerprint density at radius 1 is 0.889 bits per heavy atom. The lowest BCUT2D eigenvalue weighted by molar-refractivity contribution is 0.0943. The van der Waals surface area contributed by atoms with Crippen molar-refractivity contribution < 1.29 is 23.8 Å². The third-order valence-corrected chi connectivity index (χ3v) is 6.18. The van der Waals surface area contributed by atoms with Crippen LogP contribution in [0.2, 0.25) is 0 Å². The zero-order valence-corrected chi connectivity index (χ0v) is 23.5. The Balaban J connectivity index is 1.87. The third-order valence-electron chi connectivity index (χ3n) is 5.06. The van der Waals surface area contributed by atoms with Crippen LogP contribution in [0.3, 0.4) is 0 Å². The summed E-state index contributed by atoms with van der Waals surface area (Å²) in [5.74, 6) is 0.859. The second kappa shape index (κ2) is 12.8. The molecule has 0 spiro atoms. The molecule has 0 aromatic heterocycles. The molecular formula is C26H27Br2N3O5. The van der Waals surface area contributed by atoms with Crippen molar-refractivity contribution in [2.45, 2.75) is 0 Å². The molecule has 3 aromatic rings.